The molecular formula is C23H30IN5O. The van der Waals surface area contributed by atoms with Gasteiger partial charge in [-0.2, -0.15) is 5.10 Å². The molecule has 3 rings (SSSR count). The predicted octanol–water partition coefficient (Wildman–Crippen LogP) is 3.86. The first kappa shape index (κ1) is 23.7. The SMILES string of the molecule is CCNC(=NCc1cccc(Cn2cccn2)c1)NCCc1ccc(OC)cc1.I. The van der Waals surface area contributed by atoms with E-state index in [2.05, 4.69) is 59.1 Å². The molecule has 0 amide bonds. The third-order valence-corrected chi connectivity index (χ3v) is 4.52. The summed E-state index contributed by atoms with van der Waals surface area (Å²) in [4.78, 5) is 4.73. The Morgan fingerprint density at radius 3 is 2.53 bits per heavy atom. The Morgan fingerprint density at radius 1 is 1.03 bits per heavy atom. The molecule has 0 unspecified atom stereocenters. The first-order valence-electron chi connectivity index (χ1n) is 9.97. The van der Waals surface area contributed by atoms with E-state index in [1.807, 2.05) is 29.1 Å². The monoisotopic (exact) mass is 519 g/mol. The Balaban J connectivity index is 0.00000320. The van der Waals surface area contributed by atoms with Crippen molar-refractivity contribution in [1.82, 2.24) is 20.4 Å². The Morgan fingerprint density at radius 2 is 1.83 bits per heavy atom. The Bertz CT molecular complexity index is 894. The van der Waals surface area contributed by atoms with E-state index in [9.17, 15) is 0 Å². The summed E-state index contributed by atoms with van der Waals surface area (Å²) < 4.78 is 7.13. The van der Waals surface area contributed by atoms with Crippen LogP contribution in [0.4, 0.5) is 0 Å². The number of nitrogens with zero attached hydrogens (tertiary/aromatic N) is 3. The van der Waals surface area contributed by atoms with Gasteiger partial charge in [0.1, 0.15) is 5.75 Å². The third-order valence-electron chi connectivity index (χ3n) is 4.52. The van der Waals surface area contributed by atoms with Crippen molar-refractivity contribution in [3.05, 3.63) is 83.7 Å². The van der Waals surface area contributed by atoms with Crippen molar-refractivity contribution < 1.29 is 4.74 Å². The van der Waals surface area contributed by atoms with E-state index in [0.717, 1.165) is 37.8 Å². The number of methoxy groups -OCH3 is 1. The molecule has 0 saturated heterocycles. The van der Waals surface area contributed by atoms with E-state index in [-0.39, 0.29) is 24.0 Å². The summed E-state index contributed by atoms with van der Waals surface area (Å²) >= 11 is 0. The highest BCUT2D eigenvalue weighted by Gasteiger charge is 2.01. The van der Waals surface area contributed by atoms with Crippen LogP contribution in [0.15, 0.2) is 72.0 Å². The van der Waals surface area contributed by atoms with Gasteiger partial charge >= 0.3 is 0 Å². The summed E-state index contributed by atoms with van der Waals surface area (Å²) in [6.45, 7) is 5.12. The molecule has 1 aromatic heterocycles. The fraction of sp³-hybridized carbons (Fsp3) is 0.304. The van der Waals surface area contributed by atoms with Gasteiger partial charge in [0.2, 0.25) is 0 Å². The largest absolute Gasteiger partial charge is 0.497 e. The van der Waals surface area contributed by atoms with E-state index in [4.69, 9.17) is 9.73 Å². The molecule has 0 atom stereocenters. The fourth-order valence-electron chi connectivity index (χ4n) is 3.04. The van der Waals surface area contributed by atoms with E-state index in [1.54, 1.807) is 13.3 Å². The van der Waals surface area contributed by atoms with Gasteiger partial charge in [-0.3, -0.25) is 4.68 Å². The average molecular weight is 519 g/mol. The highest BCUT2D eigenvalue weighted by Crippen LogP contribution is 2.11. The maximum atomic E-state index is 5.21. The topological polar surface area (TPSA) is 63.5 Å². The van der Waals surface area contributed by atoms with Crippen molar-refractivity contribution in [2.24, 2.45) is 4.99 Å². The first-order chi connectivity index (χ1) is 14.3. The molecule has 0 spiro atoms. The third kappa shape index (κ3) is 7.70. The molecule has 1 heterocycles. The van der Waals surface area contributed by atoms with Crippen LogP contribution in [0, 0.1) is 0 Å². The zero-order valence-electron chi connectivity index (χ0n) is 17.5. The lowest BCUT2D eigenvalue weighted by molar-refractivity contribution is 0.414. The summed E-state index contributed by atoms with van der Waals surface area (Å²) in [6.07, 6.45) is 4.70. The molecule has 3 aromatic rings. The van der Waals surface area contributed by atoms with Crippen LogP contribution < -0.4 is 15.4 Å². The number of rotatable bonds is 9. The summed E-state index contributed by atoms with van der Waals surface area (Å²) in [5.41, 5.74) is 3.67. The fourth-order valence-corrected chi connectivity index (χ4v) is 3.04. The molecule has 0 fully saturated rings. The Labute approximate surface area is 195 Å². The average Bonchev–Trinajstić information content (AvgIpc) is 3.26. The van der Waals surface area contributed by atoms with Crippen LogP contribution in [0.2, 0.25) is 0 Å². The number of halogens is 1. The van der Waals surface area contributed by atoms with Gasteiger partial charge < -0.3 is 15.4 Å². The van der Waals surface area contributed by atoms with Gasteiger partial charge in [0, 0.05) is 25.5 Å². The standard InChI is InChI=1S/C23H29N5O.HI/c1-3-24-23(25-14-12-19-8-10-22(29-2)11-9-19)26-17-20-6-4-7-21(16-20)18-28-15-5-13-27-28;/h4-11,13,15-16H,3,12,14,17-18H2,1-2H3,(H2,24,25,26);1H. The molecule has 0 aliphatic heterocycles. The second-order valence-electron chi connectivity index (χ2n) is 6.74. The first-order valence-corrected chi connectivity index (χ1v) is 9.97. The van der Waals surface area contributed by atoms with Crippen molar-refractivity contribution in [3.8, 4) is 5.75 Å². The normalized spacial score (nSPS) is 10.9. The molecule has 0 aliphatic rings. The van der Waals surface area contributed by atoms with Crippen LogP contribution in [-0.2, 0) is 19.5 Å². The minimum absolute atomic E-state index is 0. The zero-order valence-corrected chi connectivity index (χ0v) is 19.9. The van der Waals surface area contributed by atoms with Crippen LogP contribution in [0.5, 0.6) is 5.75 Å². The molecule has 0 radical (unpaired) electrons. The van der Waals surface area contributed by atoms with Gasteiger partial charge in [0.15, 0.2) is 5.96 Å². The van der Waals surface area contributed by atoms with Crippen molar-refractivity contribution in [2.45, 2.75) is 26.4 Å². The quantitative estimate of drug-likeness (QED) is 0.256. The molecule has 0 aliphatic carbocycles. The van der Waals surface area contributed by atoms with Crippen LogP contribution in [-0.4, -0.2) is 35.9 Å². The second kappa shape index (κ2) is 12.9. The Hall–Kier alpha value is -2.55. The van der Waals surface area contributed by atoms with Crippen molar-refractivity contribution in [1.29, 1.82) is 0 Å². The highest BCUT2D eigenvalue weighted by atomic mass is 127. The number of aromatic nitrogens is 2. The van der Waals surface area contributed by atoms with Gasteiger partial charge in [-0.25, -0.2) is 4.99 Å². The van der Waals surface area contributed by atoms with Gasteiger partial charge in [0.25, 0.3) is 0 Å². The van der Waals surface area contributed by atoms with E-state index in [0.29, 0.717) is 6.54 Å². The number of hydrogen-bond donors (Lipinski definition) is 2. The number of ether oxygens (including phenoxy) is 1. The van der Waals surface area contributed by atoms with Crippen molar-refractivity contribution in [3.63, 3.8) is 0 Å². The van der Waals surface area contributed by atoms with Gasteiger partial charge in [-0.15, -0.1) is 24.0 Å². The molecule has 0 bridgehead atoms. The summed E-state index contributed by atoms with van der Waals surface area (Å²) in [6, 6.07) is 18.6. The number of guanidine groups is 1. The molecule has 6 nitrogen and oxygen atoms in total. The smallest absolute Gasteiger partial charge is 0.191 e. The molecular weight excluding hydrogens is 489 g/mol. The summed E-state index contributed by atoms with van der Waals surface area (Å²) in [5, 5.41) is 11.0. The van der Waals surface area contributed by atoms with Crippen LogP contribution >= 0.6 is 24.0 Å². The van der Waals surface area contributed by atoms with Crippen molar-refractivity contribution in [2.75, 3.05) is 20.2 Å². The van der Waals surface area contributed by atoms with Crippen LogP contribution in [0.3, 0.4) is 0 Å². The maximum Gasteiger partial charge on any atom is 0.191 e. The lowest BCUT2D eigenvalue weighted by atomic mass is 10.1. The van der Waals surface area contributed by atoms with Gasteiger partial charge in [-0.1, -0.05) is 36.4 Å². The molecule has 0 saturated carbocycles. The Kier molecular flexibility index (Phi) is 10.2. The number of hydrogen-bond acceptors (Lipinski definition) is 3. The highest BCUT2D eigenvalue weighted by molar-refractivity contribution is 14.0. The molecule has 30 heavy (non-hydrogen) atoms. The van der Waals surface area contributed by atoms with Gasteiger partial charge in [0.05, 0.1) is 20.2 Å². The zero-order chi connectivity index (χ0) is 20.3. The van der Waals surface area contributed by atoms with E-state index < -0.39 is 0 Å². The minimum Gasteiger partial charge on any atom is -0.497 e. The molecule has 7 heteroatoms. The molecule has 160 valence electrons. The molecule has 2 N–H and O–H groups in total. The number of benzene rings is 2. The van der Waals surface area contributed by atoms with Gasteiger partial charge in [-0.05, 0) is 48.2 Å². The minimum atomic E-state index is 0. The number of aliphatic imine (C=N–C) groups is 1. The van der Waals surface area contributed by atoms with Crippen LogP contribution in [0.25, 0.3) is 0 Å². The van der Waals surface area contributed by atoms with Crippen LogP contribution in [0.1, 0.15) is 23.6 Å². The van der Waals surface area contributed by atoms with E-state index >= 15 is 0 Å². The molecule has 2 aromatic carbocycles. The lowest BCUT2D eigenvalue weighted by Crippen LogP contribution is -2.38. The second-order valence-corrected chi connectivity index (χ2v) is 6.74. The van der Waals surface area contributed by atoms with Crippen molar-refractivity contribution >= 4 is 29.9 Å². The summed E-state index contributed by atoms with van der Waals surface area (Å²) in [7, 11) is 1.68. The van der Waals surface area contributed by atoms with E-state index in [1.165, 1.54) is 16.7 Å². The predicted molar refractivity (Wildman–Crippen MR) is 133 cm³/mol. The lowest BCUT2D eigenvalue weighted by Gasteiger charge is -2.12. The summed E-state index contributed by atoms with van der Waals surface area (Å²) in [5.74, 6) is 1.71. The number of nitrogens with one attached hydrogen (secondary N) is 2. The maximum absolute atomic E-state index is 5.21.